The first-order valence-corrected chi connectivity index (χ1v) is 8.28. The van der Waals surface area contributed by atoms with Crippen molar-refractivity contribution in [1.82, 2.24) is 0 Å². The zero-order valence-electron chi connectivity index (χ0n) is 13.9. The van der Waals surface area contributed by atoms with Crippen molar-refractivity contribution in [3.05, 3.63) is 64.5 Å². The van der Waals surface area contributed by atoms with Gasteiger partial charge in [0.05, 0.1) is 6.54 Å². The summed E-state index contributed by atoms with van der Waals surface area (Å²) in [5.74, 6) is 1.25. The number of hydrogen-bond acceptors (Lipinski definition) is 5. The summed E-state index contributed by atoms with van der Waals surface area (Å²) < 4.78 is 5.17. The van der Waals surface area contributed by atoms with Crippen molar-refractivity contribution in [2.24, 2.45) is 16.5 Å². The van der Waals surface area contributed by atoms with Gasteiger partial charge in [-0.15, -0.1) is 11.3 Å². The van der Waals surface area contributed by atoms with Gasteiger partial charge in [0.1, 0.15) is 18.2 Å². The van der Waals surface area contributed by atoms with Gasteiger partial charge < -0.3 is 16.2 Å². The third-order valence-corrected chi connectivity index (χ3v) is 3.59. The molecule has 0 fully saturated rings. The molecule has 0 spiro atoms. The SMILES string of the molecule is CC(=O)COc1ccc(C)cc1.N/C=C\C(N)=NCc1cccs1. The summed E-state index contributed by atoms with van der Waals surface area (Å²) in [5, 5.41) is 2.01. The Morgan fingerprint density at radius 1 is 1.29 bits per heavy atom. The predicted octanol–water partition coefficient (Wildman–Crippen LogP) is 3.04. The van der Waals surface area contributed by atoms with Crippen molar-refractivity contribution in [3.63, 3.8) is 0 Å². The number of ketones is 1. The molecule has 0 bridgehead atoms. The largest absolute Gasteiger partial charge is 0.486 e. The minimum atomic E-state index is 0.0376. The van der Waals surface area contributed by atoms with Crippen LogP contribution in [0.1, 0.15) is 17.4 Å². The number of aryl methyl sites for hydroxylation is 1. The van der Waals surface area contributed by atoms with Gasteiger partial charge in [0.2, 0.25) is 0 Å². The van der Waals surface area contributed by atoms with Crippen LogP contribution in [0.4, 0.5) is 0 Å². The number of thiophene rings is 1. The van der Waals surface area contributed by atoms with E-state index in [0.717, 1.165) is 5.75 Å². The van der Waals surface area contributed by atoms with Crippen LogP contribution in [0.25, 0.3) is 0 Å². The van der Waals surface area contributed by atoms with E-state index in [4.69, 9.17) is 16.2 Å². The number of carbonyl (C=O) groups excluding carboxylic acids is 1. The van der Waals surface area contributed by atoms with Crippen LogP contribution < -0.4 is 16.2 Å². The van der Waals surface area contributed by atoms with Crippen LogP contribution in [0.5, 0.6) is 5.75 Å². The molecular formula is C18H23N3O2S. The molecule has 24 heavy (non-hydrogen) atoms. The summed E-state index contributed by atoms with van der Waals surface area (Å²) in [6.07, 6.45) is 2.96. The molecule has 6 heteroatoms. The van der Waals surface area contributed by atoms with E-state index in [2.05, 4.69) is 4.99 Å². The van der Waals surface area contributed by atoms with Crippen molar-refractivity contribution >= 4 is 23.0 Å². The molecule has 5 nitrogen and oxygen atoms in total. The van der Waals surface area contributed by atoms with Gasteiger partial charge in [0.15, 0.2) is 5.78 Å². The molecule has 2 rings (SSSR count). The second-order valence-corrected chi connectivity index (χ2v) is 6.02. The monoisotopic (exact) mass is 345 g/mol. The average molecular weight is 345 g/mol. The smallest absolute Gasteiger partial charge is 0.167 e. The second-order valence-electron chi connectivity index (χ2n) is 4.98. The normalized spacial score (nSPS) is 11.0. The molecule has 0 unspecified atom stereocenters. The Kier molecular flexibility index (Phi) is 8.93. The van der Waals surface area contributed by atoms with Gasteiger partial charge in [0.25, 0.3) is 0 Å². The van der Waals surface area contributed by atoms with Crippen molar-refractivity contribution < 1.29 is 9.53 Å². The van der Waals surface area contributed by atoms with Crippen LogP contribution in [0.2, 0.25) is 0 Å². The van der Waals surface area contributed by atoms with Crippen molar-refractivity contribution in [2.75, 3.05) is 6.61 Å². The molecule has 0 atom stereocenters. The van der Waals surface area contributed by atoms with E-state index in [9.17, 15) is 4.79 Å². The average Bonchev–Trinajstić information content (AvgIpc) is 3.07. The molecule has 1 heterocycles. The maximum Gasteiger partial charge on any atom is 0.167 e. The minimum absolute atomic E-state index is 0.0376. The fourth-order valence-corrected chi connectivity index (χ4v) is 2.17. The molecule has 0 radical (unpaired) electrons. The van der Waals surface area contributed by atoms with Gasteiger partial charge >= 0.3 is 0 Å². The number of ether oxygens (including phenoxy) is 1. The summed E-state index contributed by atoms with van der Waals surface area (Å²) >= 11 is 1.67. The van der Waals surface area contributed by atoms with Crippen molar-refractivity contribution in [3.8, 4) is 5.75 Å². The van der Waals surface area contributed by atoms with Gasteiger partial charge in [0, 0.05) is 4.88 Å². The number of benzene rings is 1. The fraction of sp³-hybridized carbons (Fsp3) is 0.222. The molecule has 0 saturated carbocycles. The third kappa shape index (κ3) is 8.75. The highest BCUT2D eigenvalue weighted by Gasteiger charge is 1.95. The predicted molar refractivity (Wildman–Crippen MR) is 100 cm³/mol. The first-order valence-electron chi connectivity index (χ1n) is 7.40. The number of carbonyl (C=O) groups is 1. The molecule has 0 aliphatic carbocycles. The Hall–Kier alpha value is -2.60. The number of rotatable bonds is 6. The molecule has 128 valence electrons. The quantitative estimate of drug-likeness (QED) is 0.622. The lowest BCUT2D eigenvalue weighted by molar-refractivity contribution is -0.118. The molecule has 0 saturated heterocycles. The Morgan fingerprint density at radius 3 is 2.54 bits per heavy atom. The fourth-order valence-electron chi connectivity index (χ4n) is 1.54. The van der Waals surface area contributed by atoms with Gasteiger partial charge in [-0.1, -0.05) is 23.8 Å². The molecule has 0 aliphatic rings. The van der Waals surface area contributed by atoms with Gasteiger partial charge in [-0.05, 0) is 49.7 Å². The summed E-state index contributed by atoms with van der Waals surface area (Å²) in [7, 11) is 0. The maximum absolute atomic E-state index is 10.6. The summed E-state index contributed by atoms with van der Waals surface area (Å²) in [6, 6.07) is 11.6. The van der Waals surface area contributed by atoms with E-state index in [1.54, 1.807) is 17.4 Å². The van der Waals surface area contributed by atoms with Crippen molar-refractivity contribution in [1.29, 1.82) is 0 Å². The lowest BCUT2D eigenvalue weighted by Crippen LogP contribution is -2.08. The highest BCUT2D eigenvalue weighted by molar-refractivity contribution is 7.09. The van der Waals surface area contributed by atoms with Crippen LogP contribution >= 0.6 is 11.3 Å². The highest BCUT2D eigenvalue weighted by Crippen LogP contribution is 2.11. The first kappa shape index (κ1) is 19.4. The topological polar surface area (TPSA) is 90.7 Å². The van der Waals surface area contributed by atoms with Crippen LogP contribution in [0, 0.1) is 6.92 Å². The maximum atomic E-state index is 10.6. The Morgan fingerprint density at radius 2 is 2.00 bits per heavy atom. The Labute approximate surface area is 146 Å². The number of Topliss-reactive ketones (excluding diaryl/α,β-unsaturated/α-hetero) is 1. The number of aliphatic imine (C=N–C) groups is 1. The third-order valence-electron chi connectivity index (χ3n) is 2.73. The zero-order valence-corrected chi connectivity index (χ0v) is 14.8. The Bertz CT molecular complexity index is 662. The number of hydrogen-bond donors (Lipinski definition) is 2. The number of nitrogens with zero attached hydrogens (tertiary/aromatic N) is 1. The van der Waals surface area contributed by atoms with Crippen LogP contribution in [0.15, 0.2) is 59.0 Å². The van der Waals surface area contributed by atoms with E-state index in [-0.39, 0.29) is 12.4 Å². The molecule has 1 aromatic carbocycles. The molecule has 4 N–H and O–H groups in total. The summed E-state index contributed by atoms with van der Waals surface area (Å²) in [4.78, 5) is 15.9. The molecule has 2 aromatic rings. The molecule has 0 aliphatic heterocycles. The highest BCUT2D eigenvalue weighted by atomic mass is 32.1. The standard InChI is InChI=1S/C10H12O2.C8H11N3S/c1-8-3-5-10(6-4-8)12-7-9(2)11;9-4-3-8(10)11-6-7-2-1-5-12-7/h3-6H,7H2,1-2H3;1-5H,6,9H2,(H2,10,11)/b;4-3-. The molecular weight excluding hydrogens is 322 g/mol. The van der Waals surface area contributed by atoms with Gasteiger partial charge in [-0.25, -0.2) is 0 Å². The van der Waals surface area contributed by atoms with Crippen LogP contribution in [-0.4, -0.2) is 18.2 Å². The lowest BCUT2D eigenvalue weighted by atomic mass is 10.2. The minimum Gasteiger partial charge on any atom is -0.486 e. The number of nitrogens with two attached hydrogens (primary N) is 2. The van der Waals surface area contributed by atoms with Crippen LogP contribution in [0.3, 0.4) is 0 Å². The van der Waals surface area contributed by atoms with E-state index in [0.29, 0.717) is 12.4 Å². The van der Waals surface area contributed by atoms with E-state index < -0.39 is 0 Å². The summed E-state index contributed by atoms with van der Waals surface area (Å²) in [5.41, 5.74) is 11.8. The van der Waals surface area contributed by atoms with E-state index >= 15 is 0 Å². The first-order chi connectivity index (χ1) is 11.5. The number of amidine groups is 1. The van der Waals surface area contributed by atoms with Crippen LogP contribution in [-0.2, 0) is 11.3 Å². The van der Waals surface area contributed by atoms with Gasteiger partial charge in [-0.2, -0.15) is 0 Å². The van der Waals surface area contributed by atoms with Gasteiger partial charge in [-0.3, -0.25) is 9.79 Å². The lowest BCUT2D eigenvalue weighted by Gasteiger charge is -2.02. The van der Waals surface area contributed by atoms with Crippen molar-refractivity contribution in [2.45, 2.75) is 20.4 Å². The molecule has 0 amide bonds. The second kappa shape index (κ2) is 11.0. The zero-order chi connectivity index (χ0) is 17.8. The van der Waals surface area contributed by atoms with E-state index in [1.807, 2.05) is 48.7 Å². The molecule has 1 aromatic heterocycles. The van der Waals surface area contributed by atoms with E-state index in [1.165, 1.54) is 23.6 Å². The summed E-state index contributed by atoms with van der Waals surface area (Å²) in [6.45, 7) is 4.31. The Balaban J connectivity index is 0.000000240.